The Balaban J connectivity index is -0.00000103. The van der Waals surface area contributed by atoms with Crippen LogP contribution in [0.2, 0.25) is 4.87 Å². The largest absolute Gasteiger partial charge is 1.00 e. The van der Waals surface area contributed by atoms with Gasteiger partial charge < -0.3 is 26.4 Å². The molecule has 0 saturated carbocycles. The third kappa shape index (κ3) is 24.7. The van der Waals surface area contributed by atoms with Crippen LogP contribution in [0.15, 0.2) is 12.2 Å². The SMILES string of the molecule is CC.CS[N-]CCC(=O)NC(CCN)C(=O)NC(C=CC(=O)NC(C(C)=O)C(C)C)CC(C)C.[CH3][Sb].[Na+]. The molecule has 210 valence electrons. The van der Waals surface area contributed by atoms with Gasteiger partial charge in [-0.2, -0.15) is 0 Å². The van der Waals surface area contributed by atoms with Gasteiger partial charge in [0.2, 0.25) is 17.7 Å². The van der Waals surface area contributed by atoms with Crippen LogP contribution in [-0.4, -0.2) is 84.0 Å². The molecule has 3 atom stereocenters. The van der Waals surface area contributed by atoms with Gasteiger partial charge in [0, 0.05) is 18.5 Å². The maximum Gasteiger partial charge on any atom is 1.00 e. The third-order valence-electron chi connectivity index (χ3n) is 4.60. The molecule has 0 fully saturated rings. The fourth-order valence-corrected chi connectivity index (χ4v) is 3.33. The fourth-order valence-electron chi connectivity index (χ4n) is 3.06. The topological polar surface area (TPSA) is 144 Å². The van der Waals surface area contributed by atoms with E-state index in [1.54, 1.807) is 29.1 Å². The van der Waals surface area contributed by atoms with Crippen molar-refractivity contribution in [3.63, 3.8) is 0 Å². The summed E-state index contributed by atoms with van der Waals surface area (Å²) in [5.74, 6) is -0.906. The molecule has 0 bridgehead atoms. The summed E-state index contributed by atoms with van der Waals surface area (Å²) < 4.78 is 4.04. The van der Waals surface area contributed by atoms with Crippen LogP contribution in [0.5, 0.6) is 0 Å². The van der Waals surface area contributed by atoms with Crippen molar-refractivity contribution in [2.24, 2.45) is 17.6 Å². The van der Waals surface area contributed by atoms with Gasteiger partial charge >= 0.3 is 57.4 Å². The number of nitrogens with two attached hydrogens (primary N) is 1. The normalized spacial score (nSPS) is 12.7. The van der Waals surface area contributed by atoms with E-state index in [1.807, 2.05) is 47.8 Å². The Morgan fingerprint density at radius 1 is 1.03 bits per heavy atom. The van der Waals surface area contributed by atoms with Crippen molar-refractivity contribution < 1.29 is 48.7 Å². The average molecular weight is 661 g/mol. The standard InChI is InChI=1S/C22H40N5O4S.C2H6.CH3.Na.Sb/c1-14(2)13-17(7-8-19(29)27-21(15(3)4)16(5)28)25-22(31)18(9-11-23)26-20(30)10-12-24-32-6;1-2;;;/h7-8,14-15,17-18,21H,9-13,23H2,1-6H3,(H,25,31)(H,26,30)(H,27,29);1-2H3;1H3;;/q-1;;;+1;. The molecule has 12 heteroatoms. The number of Topliss-reactive ketones (excluding diaryl/α,β-unsaturated/α-hetero) is 1. The molecule has 0 aliphatic heterocycles. The number of amides is 3. The van der Waals surface area contributed by atoms with Gasteiger partial charge in [0.1, 0.15) is 6.04 Å². The minimum Gasteiger partial charge on any atom is 1.00 e. The Labute approximate surface area is 265 Å². The van der Waals surface area contributed by atoms with Crippen LogP contribution in [0.4, 0.5) is 0 Å². The molecule has 3 unspecified atom stereocenters. The predicted octanol–water partition coefficient (Wildman–Crippen LogP) is -0.0881. The van der Waals surface area contributed by atoms with Crippen molar-refractivity contribution in [1.29, 1.82) is 0 Å². The zero-order chi connectivity index (χ0) is 28.7. The number of carbonyl (C=O) groups excluding carboxylic acids is 4. The van der Waals surface area contributed by atoms with E-state index in [1.165, 1.54) is 24.9 Å². The number of hydrogen-bond donors (Lipinski definition) is 4. The summed E-state index contributed by atoms with van der Waals surface area (Å²) in [6.07, 6.45) is 5.86. The van der Waals surface area contributed by atoms with Gasteiger partial charge in [-0.1, -0.05) is 47.6 Å². The van der Waals surface area contributed by atoms with Crippen molar-refractivity contribution in [2.45, 2.75) is 90.7 Å². The summed E-state index contributed by atoms with van der Waals surface area (Å²) in [5, 5.41) is 8.30. The van der Waals surface area contributed by atoms with Crippen LogP contribution in [0.25, 0.3) is 4.72 Å². The second kappa shape index (κ2) is 28.9. The number of hydrogen-bond acceptors (Lipinski definition) is 6. The zero-order valence-corrected chi connectivity index (χ0v) is 30.0. The maximum atomic E-state index is 12.8. The second-order valence-electron chi connectivity index (χ2n) is 8.43. The van der Waals surface area contributed by atoms with Gasteiger partial charge in [-0.3, -0.25) is 31.1 Å². The molecule has 5 N–H and O–H groups in total. The summed E-state index contributed by atoms with van der Waals surface area (Å²) in [7, 11) is 0. The van der Waals surface area contributed by atoms with E-state index in [9.17, 15) is 19.2 Å². The van der Waals surface area contributed by atoms with Gasteiger partial charge in [-0.25, -0.2) is 0 Å². The van der Waals surface area contributed by atoms with E-state index in [4.69, 9.17) is 5.73 Å². The van der Waals surface area contributed by atoms with E-state index in [0.717, 1.165) is 0 Å². The van der Waals surface area contributed by atoms with Gasteiger partial charge in [-0.05, 0) is 44.4 Å². The maximum absolute atomic E-state index is 12.8. The Morgan fingerprint density at radius 2 is 1.59 bits per heavy atom. The molecule has 0 aromatic heterocycles. The van der Waals surface area contributed by atoms with Crippen LogP contribution in [0.3, 0.4) is 0 Å². The molecule has 3 amide bonds. The molecule has 0 aromatic carbocycles. The van der Waals surface area contributed by atoms with Crippen LogP contribution in [0, 0.1) is 11.8 Å². The number of nitrogens with one attached hydrogen (secondary N) is 3. The van der Waals surface area contributed by atoms with E-state index in [0.29, 0.717) is 19.4 Å². The molecule has 0 aromatic rings. The van der Waals surface area contributed by atoms with Crippen molar-refractivity contribution in [1.82, 2.24) is 16.0 Å². The first-order valence-corrected chi connectivity index (χ1v) is 16.2. The minimum atomic E-state index is -0.762. The van der Waals surface area contributed by atoms with Crippen molar-refractivity contribution in [3.05, 3.63) is 16.9 Å². The van der Waals surface area contributed by atoms with Gasteiger partial charge in [0.05, 0.1) is 6.04 Å². The molecule has 0 saturated heterocycles. The molecular formula is C25H49N5NaO4SSb. The first-order valence-electron chi connectivity index (χ1n) is 12.4. The summed E-state index contributed by atoms with van der Waals surface area (Å²) >= 11 is 3.04. The van der Waals surface area contributed by atoms with Crippen molar-refractivity contribution in [3.8, 4) is 0 Å². The minimum absolute atomic E-state index is 0. The van der Waals surface area contributed by atoms with Gasteiger partial charge in [0.15, 0.2) is 5.78 Å². The number of ketones is 1. The molecule has 0 spiro atoms. The summed E-state index contributed by atoms with van der Waals surface area (Å²) in [5.41, 5.74) is 5.62. The van der Waals surface area contributed by atoms with Crippen LogP contribution in [0.1, 0.15) is 67.7 Å². The Kier molecular flexibility index (Phi) is 34.3. The quantitative estimate of drug-likeness (QED) is 0.0789. The van der Waals surface area contributed by atoms with E-state index >= 15 is 0 Å². The Bertz CT molecular complexity index is 655. The molecule has 0 aliphatic carbocycles. The molecule has 0 rings (SSSR count). The molecule has 0 heterocycles. The number of carbonyl (C=O) groups is 4. The first kappa shape index (κ1) is 43.9. The molecular weight excluding hydrogens is 611 g/mol. The van der Waals surface area contributed by atoms with E-state index in [2.05, 4.69) is 25.5 Å². The summed E-state index contributed by atoms with van der Waals surface area (Å²) in [6, 6.07) is -1.74. The second-order valence-corrected chi connectivity index (χ2v) is 9.05. The summed E-state index contributed by atoms with van der Waals surface area (Å²) in [6.45, 7) is 13.8. The van der Waals surface area contributed by atoms with E-state index < -0.39 is 24.0 Å². The monoisotopic (exact) mass is 659 g/mol. The number of rotatable bonds is 16. The van der Waals surface area contributed by atoms with Gasteiger partial charge in [0.25, 0.3) is 0 Å². The molecule has 0 aliphatic rings. The fraction of sp³-hybridized carbons (Fsp3) is 0.760. The zero-order valence-electron chi connectivity index (χ0n) is 24.6. The van der Waals surface area contributed by atoms with Gasteiger partial charge in [-0.15, -0.1) is 6.54 Å². The number of nitrogens with zero attached hydrogens (tertiary/aromatic N) is 1. The first-order chi connectivity index (χ1) is 17.0. The van der Waals surface area contributed by atoms with Crippen LogP contribution < -0.4 is 51.2 Å². The smallest absolute Gasteiger partial charge is 1.00 e. The predicted molar refractivity (Wildman–Crippen MR) is 153 cm³/mol. The molecule has 2 radical (unpaired) electrons. The van der Waals surface area contributed by atoms with Crippen LogP contribution in [-0.2, 0) is 19.2 Å². The summed E-state index contributed by atoms with van der Waals surface area (Å²) in [4.78, 5) is 51.0. The van der Waals surface area contributed by atoms with Crippen molar-refractivity contribution >= 4 is 58.5 Å². The third-order valence-corrected chi connectivity index (χ3v) is 5.04. The van der Waals surface area contributed by atoms with Crippen LogP contribution >= 0.6 is 11.9 Å². The Morgan fingerprint density at radius 3 is 2.03 bits per heavy atom. The molecule has 9 nitrogen and oxygen atoms in total. The Hall–Kier alpha value is -0.0918. The van der Waals surface area contributed by atoms with Crippen molar-refractivity contribution in [2.75, 3.05) is 19.3 Å². The average Bonchev–Trinajstić information content (AvgIpc) is 2.82. The molecule has 37 heavy (non-hydrogen) atoms. The van der Waals surface area contributed by atoms with E-state index in [-0.39, 0.29) is 72.0 Å².